The second kappa shape index (κ2) is 8.18. The molecule has 3 N–H and O–H groups in total. The molecule has 3 aromatic rings. The smallest absolute Gasteiger partial charge is 0.321 e. The Labute approximate surface area is 168 Å². The fraction of sp³-hybridized carbons (Fsp3) is 0.333. The average molecular weight is 397 g/mol. The van der Waals surface area contributed by atoms with Crippen molar-refractivity contribution < 1.29 is 14.3 Å². The first kappa shape index (κ1) is 19.4. The Kier molecular flexibility index (Phi) is 5.46. The Morgan fingerprint density at radius 3 is 2.72 bits per heavy atom. The number of aliphatic hydroxyl groups is 1. The van der Waals surface area contributed by atoms with Crippen LogP contribution >= 0.6 is 0 Å². The van der Waals surface area contributed by atoms with Crippen molar-refractivity contribution in [2.45, 2.75) is 25.6 Å². The van der Waals surface area contributed by atoms with Crippen molar-refractivity contribution in [2.75, 3.05) is 18.4 Å². The van der Waals surface area contributed by atoms with Gasteiger partial charge in [0, 0.05) is 33.2 Å². The number of carbonyl (C=O) groups is 1. The van der Waals surface area contributed by atoms with Gasteiger partial charge < -0.3 is 15.0 Å². The summed E-state index contributed by atoms with van der Waals surface area (Å²) in [6.07, 6.45) is 0.616. The van der Waals surface area contributed by atoms with Gasteiger partial charge in [-0.3, -0.25) is 10.2 Å². The lowest BCUT2D eigenvalue weighted by Crippen LogP contribution is -2.29. The van der Waals surface area contributed by atoms with Crippen LogP contribution in [-0.2, 0) is 20.1 Å². The number of aryl methyl sites for hydroxylation is 1. The molecule has 0 aliphatic carbocycles. The van der Waals surface area contributed by atoms with Crippen molar-refractivity contribution in [2.24, 2.45) is 7.05 Å². The van der Waals surface area contributed by atoms with Gasteiger partial charge in [0.2, 0.25) is 5.95 Å². The van der Waals surface area contributed by atoms with Gasteiger partial charge in [-0.05, 0) is 35.7 Å². The largest absolute Gasteiger partial charge is 0.392 e. The van der Waals surface area contributed by atoms with Crippen LogP contribution in [0.1, 0.15) is 17.5 Å². The van der Waals surface area contributed by atoms with E-state index in [1.54, 1.807) is 17.7 Å². The summed E-state index contributed by atoms with van der Waals surface area (Å²) in [7, 11) is 1.72. The number of nitrogens with one attached hydrogen (secondary N) is 2. The number of amides is 2. The number of nitrogens with zero attached hydrogens (tertiary/aromatic N) is 3. The van der Waals surface area contributed by atoms with E-state index in [1.807, 2.05) is 24.3 Å². The number of carbonyl (C=O) groups excluding carboxylic acids is 1. The number of benzene rings is 2. The van der Waals surface area contributed by atoms with Gasteiger partial charge in [-0.25, -0.2) is 14.2 Å². The number of likely N-dealkylation sites (tertiary alicyclic amines) is 1. The number of fused-ring (bicyclic) bond motifs is 1. The number of aliphatic hydroxyl groups excluding tert-OH is 1. The van der Waals surface area contributed by atoms with E-state index in [1.165, 1.54) is 17.7 Å². The highest BCUT2D eigenvalue weighted by Gasteiger charge is 2.19. The molecule has 1 unspecified atom stereocenters. The number of β-amino-alcohol motifs (C(OH)–C–C–N with tert-alkyl or cyclic N) is 1. The summed E-state index contributed by atoms with van der Waals surface area (Å²) in [6, 6.07) is 12.0. The highest BCUT2D eigenvalue weighted by Crippen LogP contribution is 2.19. The molecule has 1 aliphatic heterocycles. The summed E-state index contributed by atoms with van der Waals surface area (Å²) in [4.78, 5) is 18.8. The molecule has 1 atom stereocenters. The van der Waals surface area contributed by atoms with Gasteiger partial charge in [-0.15, -0.1) is 0 Å². The van der Waals surface area contributed by atoms with Gasteiger partial charge in [-0.1, -0.05) is 24.3 Å². The molecule has 2 heterocycles. The topological polar surface area (TPSA) is 82.4 Å². The van der Waals surface area contributed by atoms with E-state index in [4.69, 9.17) is 0 Å². The summed E-state index contributed by atoms with van der Waals surface area (Å²) in [6.45, 7) is 2.84. The molecule has 0 spiro atoms. The van der Waals surface area contributed by atoms with Crippen LogP contribution in [0.2, 0.25) is 0 Å². The Hall–Kier alpha value is -2.97. The molecular weight excluding hydrogens is 373 g/mol. The number of urea groups is 1. The number of hydrogen-bond acceptors (Lipinski definition) is 4. The van der Waals surface area contributed by atoms with E-state index in [2.05, 4.69) is 20.5 Å². The van der Waals surface area contributed by atoms with Gasteiger partial charge in [0.15, 0.2) is 0 Å². The number of halogens is 1. The summed E-state index contributed by atoms with van der Waals surface area (Å²) in [5.41, 5.74) is 3.39. The highest BCUT2D eigenvalue weighted by atomic mass is 19.1. The number of aromatic nitrogens is 2. The number of anilines is 1. The fourth-order valence-corrected chi connectivity index (χ4v) is 3.58. The van der Waals surface area contributed by atoms with Crippen molar-refractivity contribution in [1.82, 2.24) is 19.8 Å². The van der Waals surface area contributed by atoms with Crippen molar-refractivity contribution in [3.8, 4) is 0 Å². The molecule has 0 bridgehead atoms. The lowest BCUT2D eigenvalue weighted by atomic mass is 10.1. The van der Waals surface area contributed by atoms with Crippen LogP contribution < -0.4 is 10.6 Å². The van der Waals surface area contributed by atoms with Crippen LogP contribution in [-0.4, -0.2) is 44.8 Å². The molecule has 29 heavy (non-hydrogen) atoms. The van der Waals surface area contributed by atoms with Crippen molar-refractivity contribution in [3.63, 3.8) is 0 Å². The summed E-state index contributed by atoms with van der Waals surface area (Å²) in [5, 5.41) is 15.1. The van der Waals surface area contributed by atoms with E-state index >= 15 is 0 Å². The molecule has 152 valence electrons. The maximum absolute atomic E-state index is 13.4. The van der Waals surface area contributed by atoms with Gasteiger partial charge in [0.25, 0.3) is 0 Å². The number of rotatable bonds is 5. The molecule has 1 saturated heterocycles. The molecule has 0 saturated carbocycles. The van der Waals surface area contributed by atoms with Crippen molar-refractivity contribution >= 4 is 23.0 Å². The van der Waals surface area contributed by atoms with Gasteiger partial charge in [0.1, 0.15) is 5.82 Å². The molecule has 1 aromatic heterocycles. The zero-order valence-corrected chi connectivity index (χ0v) is 16.2. The third-order valence-electron chi connectivity index (χ3n) is 5.20. The SMILES string of the molecule is Cn1c(NC(=O)NCc2ccc(CN3CCC(O)C3)cc2)nc2ccc(F)cc21. The summed E-state index contributed by atoms with van der Waals surface area (Å²) in [5.74, 6) is 0.00658. The van der Waals surface area contributed by atoms with Crippen LogP contribution in [0.15, 0.2) is 42.5 Å². The van der Waals surface area contributed by atoms with Crippen molar-refractivity contribution in [3.05, 3.63) is 59.4 Å². The molecular formula is C21H24FN5O2. The zero-order chi connectivity index (χ0) is 20.4. The predicted octanol–water partition coefficient (Wildman–Crippen LogP) is 2.60. The molecule has 0 radical (unpaired) electrons. The lowest BCUT2D eigenvalue weighted by Gasteiger charge is -2.15. The van der Waals surface area contributed by atoms with Crippen LogP contribution in [0, 0.1) is 5.82 Å². The Bertz CT molecular complexity index is 1020. The molecule has 1 aliphatic rings. The Balaban J connectivity index is 1.31. The quantitative estimate of drug-likeness (QED) is 0.618. The van der Waals surface area contributed by atoms with Crippen LogP contribution in [0.4, 0.5) is 15.1 Å². The number of hydrogen-bond donors (Lipinski definition) is 3. The minimum Gasteiger partial charge on any atom is -0.392 e. The highest BCUT2D eigenvalue weighted by molar-refractivity contribution is 5.90. The van der Waals surface area contributed by atoms with Crippen LogP contribution in [0.5, 0.6) is 0 Å². The molecule has 2 aromatic carbocycles. The second-order valence-electron chi connectivity index (χ2n) is 7.43. The van der Waals surface area contributed by atoms with Crippen LogP contribution in [0.3, 0.4) is 0 Å². The molecule has 7 nitrogen and oxygen atoms in total. The maximum atomic E-state index is 13.4. The third-order valence-corrected chi connectivity index (χ3v) is 5.20. The van der Waals surface area contributed by atoms with E-state index in [-0.39, 0.29) is 18.0 Å². The monoisotopic (exact) mass is 397 g/mol. The Morgan fingerprint density at radius 2 is 2.00 bits per heavy atom. The van der Waals surface area contributed by atoms with Gasteiger partial charge in [0.05, 0.1) is 17.1 Å². The van der Waals surface area contributed by atoms with Gasteiger partial charge >= 0.3 is 6.03 Å². The summed E-state index contributed by atoms with van der Waals surface area (Å²) >= 11 is 0. The molecule has 8 heteroatoms. The fourth-order valence-electron chi connectivity index (χ4n) is 3.58. The molecule has 2 amide bonds. The molecule has 1 fully saturated rings. The Morgan fingerprint density at radius 1 is 1.24 bits per heavy atom. The minimum atomic E-state index is -0.376. The van der Waals surface area contributed by atoms with E-state index in [0.717, 1.165) is 31.6 Å². The van der Waals surface area contributed by atoms with E-state index in [9.17, 15) is 14.3 Å². The van der Waals surface area contributed by atoms with Crippen molar-refractivity contribution in [1.29, 1.82) is 0 Å². The average Bonchev–Trinajstić information content (AvgIpc) is 3.24. The first-order valence-corrected chi connectivity index (χ1v) is 9.63. The first-order valence-electron chi connectivity index (χ1n) is 9.63. The maximum Gasteiger partial charge on any atom is 0.321 e. The predicted molar refractivity (Wildman–Crippen MR) is 109 cm³/mol. The van der Waals surface area contributed by atoms with Gasteiger partial charge in [-0.2, -0.15) is 0 Å². The lowest BCUT2D eigenvalue weighted by molar-refractivity contribution is 0.175. The molecule has 4 rings (SSSR count). The normalized spacial score (nSPS) is 17.0. The van der Waals surface area contributed by atoms with E-state index < -0.39 is 0 Å². The third kappa shape index (κ3) is 4.55. The van der Waals surface area contributed by atoms with Crippen LogP contribution in [0.25, 0.3) is 11.0 Å². The summed E-state index contributed by atoms with van der Waals surface area (Å²) < 4.78 is 15.0. The second-order valence-corrected chi connectivity index (χ2v) is 7.43. The first-order chi connectivity index (χ1) is 14.0. The number of imidazole rings is 1. The standard InChI is InChI=1S/C21H24FN5O2/c1-26-19-10-16(22)6-7-18(19)24-20(26)25-21(29)23-11-14-2-4-15(5-3-14)12-27-9-8-17(28)13-27/h2-7,10,17,28H,8-9,11-13H2,1H3,(H2,23,24,25,29). The minimum absolute atomic E-state index is 0.215. The van der Waals surface area contributed by atoms with E-state index in [0.29, 0.717) is 23.5 Å². The zero-order valence-electron chi connectivity index (χ0n) is 16.2.